The van der Waals surface area contributed by atoms with Crippen molar-refractivity contribution < 1.29 is 19.1 Å². The third-order valence-electron chi connectivity index (χ3n) is 2.97. The molecule has 0 spiro atoms. The van der Waals surface area contributed by atoms with Gasteiger partial charge in [-0.3, -0.25) is 4.79 Å². The van der Waals surface area contributed by atoms with Crippen molar-refractivity contribution in [2.24, 2.45) is 0 Å². The number of hydrogen-bond donors (Lipinski definition) is 1. The van der Waals surface area contributed by atoms with Gasteiger partial charge in [0.15, 0.2) is 6.61 Å². The molecule has 1 rings (SSSR count). The fraction of sp³-hybridized carbons (Fsp3) is 0.429. The molecule has 20 heavy (non-hydrogen) atoms. The Labute approximate surface area is 118 Å². The van der Waals surface area contributed by atoms with Crippen LogP contribution in [0.25, 0.3) is 0 Å². The number of esters is 1. The molecule has 6 heteroatoms. The number of hydrogen-bond acceptors (Lipinski definition) is 5. The minimum atomic E-state index is -0.595. The lowest BCUT2D eigenvalue weighted by atomic mass is 10.1. The van der Waals surface area contributed by atoms with E-state index in [0.29, 0.717) is 0 Å². The molecule has 0 aliphatic carbocycles. The third kappa shape index (κ3) is 3.63. The molecule has 0 atom stereocenters. The molecule has 110 valence electrons. The quantitative estimate of drug-likeness (QED) is 0.649. The lowest BCUT2D eigenvalue weighted by molar-refractivity contribution is -0.133. The van der Waals surface area contributed by atoms with Crippen molar-refractivity contribution in [3.8, 4) is 5.75 Å². The number of carbonyl (C=O) groups is 2. The average Bonchev–Trinajstić information content (AvgIpc) is 2.42. The minimum Gasteiger partial charge on any atom is -0.483 e. The number of rotatable bonds is 5. The largest absolute Gasteiger partial charge is 0.483 e. The van der Waals surface area contributed by atoms with Gasteiger partial charge in [-0.15, -0.1) is 0 Å². The second kappa shape index (κ2) is 6.79. The van der Waals surface area contributed by atoms with Gasteiger partial charge in [-0.05, 0) is 26.0 Å². The van der Waals surface area contributed by atoms with Gasteiger partial charge in [0.25, 0.3) is 5.91 Å². The fourth-order valence-corrected chi connectivity index (χ4v) is 1.52. The van der Waals surface area contributed by atoms with E-state index in [-0.39, 0.29) is 35.6 Å². The molecule has 2 N–H and O–H groups in total. The van der Waals surface area contributed by atoms with E-state index < -0.39 is 5.97 Å². The van der Waals surface area contributed by atoms with Crippen LogP contribution in [0.15, 0.2) is 18.2 Å². The fourth-order valence-electron chi connectivity index (χ4n) is 1.52. The Hall–Kier alpha value is -2.24. The molecule has 1 aromatic rings. The molecule has 0 unspecified atom stereocenters. The van der Waals surface area contributed by atoms with Crippen molar-refractivity contribution in [2.45, 2.75) is 19.9 Å². The van der Waals surface area contributed by atoms with Gasteiger partial charge in [0.2, 0.25) is 0 Å². The first-order valence-corrected chi connectivity index (χ1v) is 6.23. The molecule has 0 heterocycles. The number of benzene rings is 1. The highest BCUT2D eigenvalue weighted by atomic mass is 16.5. The molecule has 0 aliphatic rings. The standard InChI is InChI=1S/C14H20N2O4/c1-9(2)16(3)12(17)8-20-11-7-5-6-10(15)13(11)14(18)19-4/h5-7,9H,8,15H2,1-4H3. The Morgan fingerprint density at radius 1 is 1.35 bits per heavy atom. The maximum atomic E-state index is 11.8. The number of anilines is 1. The number of amides is 1. The minimum absolute atomic E-state index is 0.0759. The average molecular weight is 280 g/mol. The van der Waals surface area contributed by atoms with Crippen LogP contribution in [0.5, 0.6) is 5.75 Å². The van der Waals surface area contributed by atoms with E-state index >= 15 is 0 Å². The van der Waals surface area contributed by atoms with Gasteiger partial charge in [0, 0.05) is 18.8 Å². The van der Waals surface area contributed by atoms with Crippen molar-refractivity contribution in [1.29, 1.82) is 0 Å². The Bertz CT molecular complexity index is 500. The lowest BCUT2D eigenvalue weighted by Gasteiger charge is -2.21. The van der Waals surface area contributed by atoms with Crippen molar-refractivity contribution in [3.63, 3.8) is 0 Å². The summed E-state index contributed by atoms with van der Waals surface area (Å²) in [6.07, 6.45) is 0. The van der Waals surface area contributed by atoms with E-state index in [9.17, 15) is 9.59 Å². The van der Waals surface area contributed by atoms with Gasteiger partial charge in [-0.25, -0.2) is 4.79 Å². The summed E-state index contributed by atoms with van der Waals surface area (Å²) in [7, 11) is 2.95. The van der Waals surface area contributed by atoms with Crippen LogP contribution >= 0.6 is 0 Å². The van der Waals surface area contributed by atoms with Gasteiger partial charge in [-0.1, -0.05) is 6.07 Å². The number of nitrogens with two attached hydrogens (primary N) is 1. The highest BCUT2D eigenvalue weighted by molar-refractivity contribution is 5.98. The van der Waals surface area contributed by atoms with Crippen LogP contribution in [0.2, 0.25) is 0 Å². The summed E-state index contributed by atoms with van der Waals surface area (Å²) in [5, 5.41) is 0. The zero-order chi connectivity index (χ0) is 15.3. The summed E-state index contributed by atoms with van der Waals surface area (Å²) in [4.78, 5) is 25.1. The van der Waals surface area contributed by atoms with E-state index in [0.717, 1.165) is 0 Å². The van der Waals surface area contributed by atoms with Crippen LogP contribution in [0.3, 0.4) is 0 Å². The van der Waals surface area contributed by atoms with E-state index in [1.54, 1.807) is 30.1 Å². The molecule has 6 nitrogen and oxygen atoms in total. The second-order valence-corrected chi connectivity index (χ2v) is 4.60. The van der Waals surface area contributed by atoms with Crippen molar-refractivity contribution in [3.05, 3.63) is 23.8 Å². The Morgan fingerprint density at radius 3 is 2.55 bits per heavy atom. The first-order valence-electron chi connectivity index (χ1n) is 6.23. The summed E-state index contributed by atoms with van der Waals surface area (Å²) < 4.78 is 10.1. The Kier molecular flexibility index (Phi) is 5.37. The van der Waals surface area contributed by atoms with Gasteiger partial charge in [0.1, 0.15) is 11.3 Å². The smallest absolute Gasteiger partial charge is 0.343 e. The number of carbonyl (C=O) groups excluding carboxylic acids is 2. The monoisotopic (exact) mass is 280 g/mol. The molecule has 0 bridgehead atoms. The third-order valence-corrected chi connectivity index (χ3v) is 2.97. The van der Waals surface area contributed by atoms with Crippen LogP contribution in [-0.2, 0) is 9.53 Å². The zero-order valence-corrected chi connectivity index (χ0v) is 12.2. The molecule has 1 aromatic carbocycles. The maximum Gasteiger partial charge on any atom is 0.343 e. The Morgan fingerprint density at radius 2 is 2.00 bits per heavy atom. The SMILES string of the molecule is COC(=O)c1c(N)cccc1OCC(=O)N(C)C(C)C. The van der Waals surface area contributed by atoms with Crippen LogP contribution in [-0.4, -0.2) is 43.6 Å². The predicted molar refractivity (Wildman–Crippen MR) is 75.6 cm³/mol. The normalized spacial score (nSPS) is 10.2. The van der Waals surface area contributed by atoms with Crippen molar-refractivity contribution in [1.82, 2.24) is 4.90 Å². The van der Waals surface area contributed by atoms with Gasteiger partial charge in [0.05, 0.1) is 7.11 Å². The number of nitrogen functional groups attached to an aromatic ring is 1. The number of methoxy groups -OCH3 is 1. The van der Waals surface area contributed by atoms with E-state index in [1.807, 2.05) is 13.8 Å². The Balaban J connectivity index is 2.86. The van der Waals surface area contributed by atoms with E-state index in [2.05, 4.69) is 4.74 Å². The number of likely N-dealkylation sites (N-methyl/N-ethyl adjacent to an activating group) is 1. The van der Waals surface area contributed by atoms with E-state index in [1.165, 1.54) is 7.11 Å². The molecule has 0 aliphatic heterocycles. The molecular formula is C14H20N2O4. The summed E-state index contributed by atoms with van der Waals surface area (Å²) in [5.41, 5.74) is 6.12. The number of ether oxygens (including phenoxy) is 2. The van der Waals surface area contributed by atoms with E-state index in [4.69, 9.17) is 10.5 Å². The molecule has 1 amide bonds. The molecule has 0 radical (unpaired) electrons. The predicted octanol–water partition coefficient (Wildman–Crippen LogP) is 1.30. The molecule has 0 saturated carbocycles. The van der Waals surface area contributed by atoms with Crippen LogP contribution < -0.4 is 10.5 Å². The molecule has 0 saturated heterocycles. The van der Waals surface area contributed by atoms with Gasteiger partial charge >= 0.3 is 5.97 Å². The summed E-state index contributed by atoms with van der Waals surface area (Å²) >= 11 is 0. The lowest BCUT2D eigenvalue weighted by Crippen LogP contribution is -2.36. The zero-order valence-electron chi connectivity index (χ0n) is 12.2. The number of nitrogens with zero attached hydrogens (tertiary/aromatic N) is 1. The van der Waals surface area contributed by atoms with Crippen LogP contribution in [0, 0.1) is 0 Å². The first kappa shape index (κ1) is 15.8. The van der Waals surface area contributed by atoms with Crippen molar-refractivity contribution >= 4 is 17.6 Å². The topological polar surface area (TPSA) is 81.9 Å². The summed E-state index contributed by atoms with van der Waals surface area (Å²) in [5.74, 6) is -0.539. The first-order chi connectivity index (χ1) is 9.38. The van der Waals surface area contributed by atoms with Crippen LogP contribution in [0.1, 0.15) is 24.2 Å². The summed E-state index contributed by atoms with van der Waals surface area (Å²) in [6, 6.07) is 4.87. The summed E-state index contributed by atoms with van der Waals surface area (Å²) in [6.45, 7) is 3.64. The van der Waals surface area contributed by atoms with Crippen molar-refractivity contribution in [2.75, 3.05) is 26.5 Å². The van der Waals surface area contributed by atoms with Crippen LogP contribution in [0.4, 0.5) is 5.69 Å². The highest BCUT2D eigenvalue weighted by Gasteiger charge is 2.19. The van der Waals surface area contributed by atoms with Gasteiger partial charge < -0.3 is 20.1 Å². The molecule has 0 fully saturated rings. The molecular weight excluding hydrogens is 260 g/mol. The molecule has 0 aromatic heterocycles. The van der Waals surface area contributed by atoms with Gasteiger partial charge in [-0.2, -0.15) is 0 Å². The second-order valence-electron chi connectivity index (χ2n) is 4.60. The highest BCUT2D eigenvalue weighted by Crippen LogP contribution is 2.25. The maximum absolute atomic E-state index is 11.8.